The van der Waals surface area contributed by atoms with Gasteiger partial charge in [-0.3, -0.25) is 0 Å². The van der Waals surface area contributed by atoms with Crippen LogP contribution in [0.5, 0.6) is 0 Å². The SMILES string of the molecule is O[C@H]1C=C[C@H](c2cccc(Br)c2)C1. The zero-order chi connectivity index (χ0) is 9.26. The Bertz CT molecular complexity index is 333. The smallest absolute Gasteiger partial charge is 0.0729 e. The number of rotatable bonds is 1. The van der Waals surface area contributed by atoms with Crippen LogP contribution in [0, 0.1) is 0 Å². The van der Waals surface area contributed by atoms with Gasteiger partial charge in [-0.05, 0) is 24.1 Å². The van der Waals surface area contributed by atoms with Gasteiger partial charge >= 0.3 is 0 Å². The van der Waals surface area contributed by atoms with Gasteiger partial charge in [0, 0.05) is 10.4 Å². The molecule has 0 saturated carbocycles. The van der Waals surface area contributed by atoms with Gasteiger partial charge in [0.15, 0.2) is 0 Å². The summed E-state index contributed by atoms with van der Waals surface area (Å²) in [5, 5.41) is 9.33. The van der Waals surface area contributed by atoms with Crippen molar-refractivity contribution >= 4 is 15.9 Å². The molecular formula is C11H11BrO. The van der Waals surface area contributed by atoms with Crippen LogP contribution in [0.4, 0.5) is 0 Å². The second kappa shape index (κ2) is 3.64. The molecule has 0 aliphatic heterocycles. The minimum absolute atomic E-state index is 0.260. The quantitative estimate of drug-likeness (QED) is 0.747. The molecule has 13 heavy (non-hydrogen) atoms. The van der Waals surface area contributed by atoms with Gasteiger partial charge in [-0.15, -0.1) is 0 Å². The highest BCUT2D eigenvalue weighted by Crippen LogP contribution is 2.29. The number of aliphatic hydroxyl groups excluding tert-OH is 1. The van der Waals surface area contributed by atoms with Crippen LogP contribution in [0.15, 0.2) is 40.9 Å². The molecule has 1 nitrogen and oxygen atoms in total. The molecule has 2 rings (SSSR count). The number of aliphatic hydroxyl groups is 1. The number of halogens is 1. The first-order valence-electron chi connectivity index (χ1n) is 4.37. The van der Waals surface area contributed by atoms with Crippen LogP contribution in [0.1, 0.15) is 17.9 Å². The predicted molar refractivity (Wildman–Crippen MR) is 56.6 cm³/mol. The highest BCUT2D eigenvalue weighted by molar-refractivity contribution is 9.10. The second-order valence-electron chi connectivity index (χ2n) is 3.35. The molecule has 0 bridgehead atoms. The van der Waals surface area contributed by atoms with Crippen LogP contribution in [-0.4, -0.2) is 11.2 Å². The lowest BCUT2D eigenvalue weighted by atomic mass is 9.99. The highest BCUT2D eigenvalue weighted by Gasteiger charge is 2.17. The Hall–Kier alpha value is -0.600. The van der Waals surface area contributed by atoms with Gasteiger partial charge < -0.3 is 5.11 Å². The standard InChI is InChI=1S/C11H11BrO/c12-10-3-1-2-8(6-10)9-4-5-11(13)7-9/h1-6,9,11,13H,7H2/t9-,11-/m0/s1. The summed E-state index contributed by atoms with van der Waals surface area (Å²) < 4.78 is 1.10. The molecule has 1 aliphatic carbocycles. The summed E-state index contributed by atoms with van der Waals surface area (Å²) in [6.45, 7) is 0. The number of hydrogen-bond donors (Lipinski definition) is 1. The van der Waals surface area contributed by atoms with Crippen molar-refractivity contribution in [3.05, 3.63) is 46.5 Å². The lowest BCUT2D eigenvalue weighted by Crippen LogP contribution is -2.00. The summed E-state index contributed by atoms with van der Waals surface area (Å²) in [7, 11) is 0. The largest absolute Gasteiger partial charge is 0.389 e. The van der Waals surface area contributed by atoms with Crippen molar-refractivity contribution in [2.75, 3.05) is 0 Å². The van der Waals surface area contributed by atoms with Gasteiger partial charge in [0.05, 0.1) is 6.10 Å². The van der Waals surface area contributed by atoms with E-state index >= 15 is 0 Å². The van der Waals surface area contributed by atoms with Gasteiger partial charge in [0.1, 0.15) is 0 Å². The minimum Gasteiger partial charge on any atom is -0.389 e. The van der Waals surface area contributed by atoms with E-state index in [4.69, 9.17) is 0 Å². The fourth-order valence-corrected chi connectivity index (χ4v) is 2.08. The maximum absolute atomic E-state index is 9.33. The fourth-order valence-electron chi connectivity index (χ4n) is 1.66. The maximum Gasteiger partial charge on any atom is 0.0729 e. The number of hydrogen-bond acceptors (Lipinski definition) is 1. The topological polar surface area (TPSA) is 20.2 Å². The van der Waals surface area contributed by atoms with Crippen LogP contribution in [0.2, 0.25) is 0 Å². The van der Waals surface area contributed by atoms with E-state index in [1.54, 1.807) is 0 Å². The fraction of sp³-hybridized carbons (Fsp3) is 0.273. The van der Waals surface area contributed by atoms with E-state index in [9.17, 15) is 5.11 Å². The van der Waals surface area contributed by atoms with Gasteiger partial charge in [0.2, 0.25) is 0 Å². The van der Waals surface area contributed by atoms with Crippen LogP contribution < -0.4 is 0 Å². The predicted octanol–water partition coefficient (Wildman–Crippen LogP) is 2.85. The summed E-state index contributed by atoms with van der Waals surface area (Å²) in [6, 6.07) is 8.24. The molecule has 2 atom stereocenters. The molecule has 0 aromatic heterocycles. The first-order chi connectivity index (χ1) is 6.25. The number of allylic oxidation sites excluding steroid dienone is 1. The Morgan fingerprint density at radius 3 is 2.77 bits per heavy atom. The molecule has 2 heteroatoms. The Balaban J connectivity index is 2.22. The molecule has 68 valence electrons. The van der Waals surface area contributed by atoms with Crippen molar-refractivity contribution in [2.45, 2.75) is 18.4 Å². The van der Waals surface area contributed by atoms with Crippen molar-refractivity contribution in [1.82, 2.24) is 0 Å². The maximum atomic E-state index is 9.33. The normalized spacial score (nSPS) is 26.6. The zero-order valence-electron chi connectivity index (χ0n) is 7.15. The Morgan fingerprint density at radius 2 is 2.15 bits per heavy atom. The van der Waals surface area contributed by atoms with Crippen molar-refractivity contribution in [1.29, 1.82) is 0 Å². The molecule has 0 unspecified atom stereocenters. The van der Waals surface area contributed by atoms with Gasteiger partial charge in [-0.2, -0.15) is 0 Å². The molecule has 0 saturated heterocycles. The average Bonchev–Trinajstić information content (AvgIpc) is 2.52. The lowest BCUT2D eigenvalue weighted by molar-refractivity contribution is 0.218. The third-order valence-electron chi connectivity index (χ3n) is 2.34. The van der Waals surface area contributed by atoms with E-state index in [-0.39, 0.29) is 6.10 Å². The summed E-state index contributed by atoms with van der Waals surface area (Å²) in [5.74, 6) is 0.382. The van der Waals surface area contributed by atoms with Gasteiger partial charge in [0.25, 0.3) is 0 Å². The highest BCUT2D eigenvalue weighted by atomic mass is 79.9. The van der Waals surface area contributed by atoms with E-state index in [1.807, 2.05) is 18.2 Å². The molecule has 1 aromatic rings. The van der Waals surface area contributed by atoms with E-state index < -0.39 is 0 Å². The van der Waals surface area contributed by atoms with Crippen molar-refractivity contribution in [3.63, 3.8) is 0 Å². The van der Waals surface area contributed by atoms with Crippen LogP contribution in [0.25, 0.3) is 0 Å². The molecular weight excluding hydrogens is 228 g/mol. The molecule has 0 spiro atoms. The average molecular weight is 239 g/mol. The van der Waals surface area contributed by atoms with E-state index in [0.29, 0.717) is 5.92 Å². The summed E-state index contributed by atoms with van der Waals surface area (Å²) in [4.78, 5) is 0. The lowest BCUT2D eigenvalue weighted by Gasteiger charge is -2.09. The summed E-state index contributed by atoms with van der Waals surface area (Å²) >= 11 is 3.44. The van der Waals surface area contributed by atoms with Gasteiger partial charge in [-0.1, -0.05) is 40.2 Å². The first kappa shape index (κ1) is 8.97. The Labute approximate surface area is 86.2 Å². The van der Waals surface area contributed by atoms with E-state index in [0.717, 1.165) is 10.9 Å². The summed E-state index contributed by atoms with van der Waals surface area (Å²) in [5.41, 5.74) is 1.27. The molecule has 1 aliphatic rings. The third kappa shape index (κ3) is 2.01. The summed E-state index contributed by atoms with van der Waals surface area (Å²) in [6.07, 6.45) is 4.50. The minimum atomic E-state index is -0.260. The molecule has 0 heterocycles. The van der Waals surface area contributed by atoms with Crippen molar-refractivity contribution in [2.24, 2.45) is 0 Å². The molecule has 0 fully saturated rings. The van der Waals surface area contributed by atoms with Crippen LogP contribution >= 0.6 is 15.9 Å². The van der Waals surface area contributed by atoms with Crippen molar-refractivity contribution < 1.29 is 5.11 Å². The number of benzene rings is 1. The second-order valence-corrected chi connectivity index (χ2v) is 4.27. The first-order valence-corrected chi connectivity index (χ1v) is 5.17. The molecule has 1 N–H and O–H groups in total. The van der Waals surface area contributed by atoms with E-state index in [1.165, 1.54) is 5.56 Å². The molecule has 0 amide bonds. The molecule has 1 aromatic carbocycles. The monoisotopic (exact) mass is 238 g/mol. The third-order valence-corrected chi connectivity index (χ3v) is 2.83. The van der Waals surface area contributed by atoms with Crippen LogP contribution in [0.3, 0.4) is 0 Å². The van der Waals surface area contributed by atoms with E-state index in [2.05, 4.69) is 34.1 Å². The van der Waals surface area contributed by atoms with Crippen LogP contribution in [-0.2, 0) is 0 Å². The van der Waals surface area contributed by atoms with Gasteiger partial charge in [-0.25, -0.2) is 0 Å². The Kier molecular flexibility index (Phi) is 2.51. The molecule has 0 radical (unpaired) electrons. The Morgan fingerprint density at radius 1 is 1.31 bits per heavy atom. The zero-order valence-corrected chi connectivity index (χ0v) is 8.74. The van der Waals surface area contributed by atoms with Crippen molar-refractivity contribution in [3.8, 4) is 0 Å².